The Morgan fingerprint density at radius 3 is 2.48 bits per heavy atom. The maximum Gasteiger partial charge on any atom is 0.307 e. The Morgan fingerprint density at radius 2 is 1.79 bits per heavy atom. The number of aliphatic carboxylic acids is 1. The van der Waals surface area contributed by atoms with Gasteiger partial charge in [0.15, 0.2) is 11.5 Å². The van der Waals surface area contributed by atoms with Crippen molar-refractivity contribution >= 4 is 16.9 Å². The van der Waals surface area contributed by atoms with Gasteiger partial charge in [0.1, 0.15) is 12.4 Å². The Bertz CT molecular complexity index is 1280. The summed E-state index contributed by atoms with van der Waals surface area (Å²) in [6.45, 7) is 4.80. The molecular formula is C27H27NO5. The Morgan fingerprint density at radius 1 is 1.00 bits per heavy atom. The fourth-order valence-corrected chi connectivity index (χ4v) is 3.98. The molecular weight excluding hydrogens is 418 g/mol. The molecule has 0 fully saturated rings. The average molecular weight is 446 g/mol. The zero-order valence-electron chi connectivity index (χ0n) is 19.0. The maximum absolute atomic E-state index is 11.7. The monoisotopic (exact) mass is 445 g/mol. The lowest BCUT2D eigenvalue weighted by Gasteiger charge is -2.14. The van der Waals surface area contributed by atoms with Crippen molar-refractivity contribution < 1.29 is 24.1 Å². The molecule has 1 aromatic heterocycles. The normalized spacial score (nSPS) is 10.9. The second kappa shape index (κ2) is 9.69. The standard InChI is InChI=1S/C27H27NO5/c1-4-32-24-13-19(10-11-23(24)33-16-18-8-6-5-7-9-18)27-22(15-25(29)30)21-14-20(31-3)12-17(2)26(21)28-27/h5-14,28H,4,15-16H2,1-3H3,(H,29,30). The van der Waals surface area contributed by atoms with E-state index in [1.807, 2.05) is 74.5 Å². The van der Waals surface area contributed by atoms with E-state index >= 15 is 0 Å². The molecule has 0 atom stereocenters. The van der Waals surface area contributed by atoms with Crippen LogP contribution in [-0.2, 0) is 17.8 Å². The summed E-state index contributed by atoms with van der Waals surface area (Å²) in [6.07, 6.45) is -0.113. The lowest BCUT2D eigenvalue weighted by Crippen LogP contribution is -2.02. The summed E-state index contributed by atoms with van der Waals surface area (Å²) in [7, 11) is 1.60. The smallest absolute Gasteiger partial charge is 0.307 e. The molecule has 4 rings (SSSR count). The van der Waals surface area contributed by atoms with E-state index in [-0.39, 0.29) is 6.42 Å². The van der Waals surface area contributed by atoms with Crippen LogP contribution in [0.2, 0.25) is 0 Å². The van der Waals surface area contributed by atoms with Gasteiger partial charge in [0.25, 0.3) is 0 Å². The number of carboxylic acids is 1. The molecule has 3 aromatic carbocycles. The molecule has 0 unspecified atom stereocenters. The number of rotatable bonds is 9. The first kappa shape index (κ1) is 22.3. The first-order valence-electron chi connectivity index (χ1n) is 10.8. The van der Waals surface area contributed by atoms with Crippen LogP contribution in [0.15, 0.2) is 60.7 Å². The zero-order valence-corrected chi connectivity index (χ0v) is 19.0. The summed E-state index contributed by atoms with van der Waals surface area (Å²) in [5, 5.41) is 10.4. The van der Waals surface area contributed by atoms with Crippen molar-refractivity contribution in [2.24, 2.45) is 0 Å². The van der Waals surface area contributed by atoms with Gasteiger partial charge in [-0.2, -0.15) is 0 Å². The van der Waals surface area contributed by atoms with E-state index in [1.165, 1.54) is 0 Å². The van der Waals surface area contributed by atoms with E-state index in [0.29, 0.717) is 36.0 Å². The van der Waals surface area contributed by atoms with E-state index in [4.69, 9.17) is 14.2 Å². The number of aromatic amines is 1. The van der Waals surface area contributed by atoms with Crippen molar-refractivity contribution in [2.75, 3.05) is 13.7 Å². The molecule has 0 amide bonds. The largest absolute Gasteiger partial charge is 0.497 e. The van der Waals surface area contributed by atoms with Crippen LogP contribution in [0.3, 0.4) is 0 Å². The Balaban J connectivity index is 1.77. The molecule has 0 saturated carbocycles. The van der Waals surface area contributed by atoms with Crippen molar-refractivity contribution in [3.05, 3.63) is 77.4 Å². The summed E-state index contributed by atoms with van der Waals surface area (Å²) in [5.74, 6) is 1.04. The summed E-state index contributed by atoms with van der Waals surface area (Å²) in [4.78, 5) is 15.1. The Labute approximate surface area is 192 Å². The number of fused-ring (bicyclic) bond motifs is 1. The van der Waals surface area contributed by atoms with Crippen molar-refractivity contribution in [3.8, 4) is 28.5 Å². The van der Waals surface area contributed by atoms with E-state index in [0.717, 1.165) is 33.3 Å². The second-order valence-corrected chi connectivity index (χ2v) is 7.78. The molecule has 4 aromatic rings. The van der Waals surface area contributed by atoms with Gasteiger partial charge in [0, 0.05) is 16.5 Å². The quantitative estimate of drug-likeness (QED) is 0.343. The molecule has 0 aliphatic heterocycles. The van der Waals surface area contributed by atoms with Crippen molar-refractivity contribution in [2.45, 2.75) is 26.9 Å². The van der Waals surface area contributed by atoms with Crippen molar-refractivity contribution in [1.29, 1.82) is 0 Å². The number of aryl methyl sites for hydroxylation is 1. The fraction of sp³-hybridized carbons (Fsp3) is 0.222. The van der Waals surface area contributed by atoms with Crippen molar-refractivity contribution in [1.82, 2.24) is 4.98 Å². The topological polar surface area (TPSA) is 80.8 Å². The number of carbonyl (C=O) groups is 1. The molecule has 1 heterocycles. The van der Waals surface area contributed by atoms with E-state index in [9.17, 15) is 9.90 Å². The summed E-state index contributed by atoms with van der Waals surface area (Å²) < 4.78 is 17.3. The highest BCUT2D eigenvalue weighted by Crippen LogP contribution is 2.38. The molecule has 0 aliphatic carbocycles. The zero-order chi connectivity index (χ0) is 23.4. The van der Waals surface area contributed by atoms with Crippen LogP contribution in [0, 0.1) is 6.92 Å². The van der Waals surface area contributed by atoms with Gasteiger partial charge in [0.05, 0.1) is 25.8 Å². The highest BCUT2D eigenvalue weighted by atomic mass is 16.5. The summed E-state index contributed by atoms with van der Waals surface area (Å²) in [5.41, 5.74) is 5.22. The van der Waals surface area contributed by atoms with Crippen LogP contribution >= 0.6 is 0 Å². The minimum Gasteiger partial charge on any atom is -0.497 e. The lowest BCUT2D eigenvalue weighted by atomic mass is 10.0. The first-order chi connectivity index (χ1) is 16.0. The minimum atomic E-state index is -0.898. The molecule has 2 N–H and O–H groups in total. The van der Waals surface area contributed by atoms with Gasteiger partial charge in [-0.05, 0) is 60.9 Å². The molecule has 0 bridgehead atoms. The van der Waals surface area contributed by atoms with Crippen LogP contribution < -0.4 is 14.2 Å². The van der Waals surface area contributed by atoms with Crippen LogP contribution in [-0.4, -0.2) is 29.8 Å². The Hall–Kier alpha value is -3.93. The number of ether oxygens (including phenoxy) is 3. The molecule has 6 heteroatoms. The summed E-state index contributed by atoms with van der Waals surface area (Å²) >= 11 is 0. The van der Waals surface area contributed by atoms with Gasteiger partial charge >= 0.3 is 5.97 Å². The van der Waals surface area contributed by atoms with E-state index in [2.05, 4.69) is 4.98 Å². The van der Waals surface area contributed by atoms with Gasteiger partial charge in [-0.1, -0.05) is 30.3 Å². The number of H-pyrrole nitrogens is 1. The third-order valence-electron chi connectivity index (χ3n) is 5.52. The highest BCUT2D eigenvalue weighted by Gasteiger charge is 2.19. The molecule has 170 valence electrons. The molecule has 0 spiro atoms. The van der Waals surface area contributed by atoms with Gasteiger partial charge in [-0.15, -0.1) is 0 Å². The fourth-order valence-electron chi connectivity index (χ4n) is 3.98. The molecule has 33 heavy (non-hydrogen) atoms. The molecule has 0 radical (unpaired) electrons. The van der Waals surface area contributed by atoms with E-state index < -0.39 is 5.97 Å². The minimum absolute atomic E-state index is 0.113. The SMILES string of the molecule is CCOc1cc(-c2[nH]c3c(C)cc(OC)cc3c2CC(=O)O)ccc1OCc1ccccc1. The number of carboxylic acid groups (broad SMARTS) is 1. The predicted molar refractivity (Wildman–Crippen MR) is 128 cm³/mol. The van der Waals surface area contributed by atoms with Crippen LogP contribution in [0.1, 0.15) is 23.6 Å². The number of methoxy groups -OCH3 is 1. The van der Waals surface area contributed by atoms with Crippen molar-refractivity contribution in [3.63, 3.8) is 0 Å². The number of nitrogens with one attached hydrogen (secondary N) is 1. The van der Waals surface area contributed by atoms with Crippen LogP contribution in [0.5, 0.6) is 17.2 Å². The Kier molecular flexibility index (Phi) is 6.54. The van der Waals surface area contributed by atoms with Gasteiger partial charge < -0.3 is 24.3 Å². The third-order valence-corrected chi connectivity index (χ3v) is 5.52. The van der Waals surface area contributed by atoms with Gasteiger partial charge in [-0.25, -0.2) is 0 Å². The number of aromatic nitrogens is 1. The second-order valence-electron chi connectivity index (χ2n) is 7.78. The average Bonchev–Trinajstić information content (AvgIpc) is 3.17. The molecule has 0 aliphatic rings. The number of hydrogen-bond acceptors (Lipinski definition) is 4. The number of hydrogen-bond donors (Lipinski definition) is 2. The first-order valence-corrected chi connectivity index (χ1v) is 10.8. The predicted octanol–water partition coefficient (Wildman–Crippen LogP) is 5.76. The highest BCUT2D eigenvalue weighted by molar-refractivity contribution is 5.96. The third kappa shape index (κ3) is 4.80. The molecule has 6 nitrogen and oxygen atoms in total. The van der Waals surface area contributed by atoms with Crippen LogP contribution in [0.25, 0.3) is 22.2 Å². The van der Waals surface area contributed by atoms with Crippen LogP contribution in [0.4, 0.5) is 0 Å². The van der Waals surface area contributed by atoms with Gasteiger partial charge in [0.2, 0.25) is 0 Å². The molecule has 0 saturated heterocycles. The summed E-state index contributed by atoms with van der Waals surface area (Å²) in [6, 6.07) is 19.4. The van der Waals surface area contributed by atoms with E-state index in [1.54, 1.807) is 7.11 Å². The number of benzene rings is 3. The van der Waals surface area contributed by atoms with Gasteiger partial charge in [-0.3, -0.25) is 4.79 Å². The maximum atomic E-state index is 11.7. The lowest BCUT2D eigenvalue weighted by molar-refractivity contribution is -0.136.